The van der Waals surface area contributed by atoms with Gasteiger partial charge >= 0.3 is 0 Å². The molecule has 71 heavy (non-hydrogen) atoms. The Hall–Kier alpha value is -6.08. The maximum Gasteiger partial charge on any atom is 0.274 e. The van der Waals surface area contributed by atoms with Gasteiger partial charge in [0.15, 0.2) is 23.2 Å². The third-order valence-corrected chi connectivity index (χ3v) is 12.8. The summed E-state index contributed by atoms with van der Waals surface area (Å²) < 4.78 is 39.0. The number of ether oxygens (including phenoxy) is 2. The summed E-state index contributed by atoms with van der Waals surface area (Å²) in [4.78, 5) is 82.2. The van der Waals surface area contributed by atoms with Crippen molar-refractivity contribution < 1.29 is 41.9 Å². The first-order valence-corrected chi connectivity index (χ1v) is 24.7. The first-order chi connectivity index (χ1) is 33.0. The van der Waals surface area contributed by atoms with E-state index in [2.05, 4.69) is 40.8 Å². The molecule has 0 saturated carbocycles. The predicted octanol–water partition coefficient (Wildman–Crippen LogP) is 4.51. The molecule has 0 spiro atoms. The predicted molar refractivity (Wildman–Crippen MR) is 275 cm³/mol. The summed E-state index contributed by atoms with van der Waals surface area (Å²) in [5.74, 6) is -4.19. The average Bonchev–Trinajstić information content (AvgIpc) is 3.29. The lowest BCUT2D eigenvalue weighted by atomic mass is 9.86. The summed E-state index contributed by atoms with van der Waals surface area (Å²) in [5.41, 5.74) is 16.9. The van der Waals surface area contributed by atoms with Crippen LogP contribution < -0.4 is 36.1 Å². The standard InChI is InChI=1S/C51H65N9O9S.H2S/c1-29-23-45(69-21-19-54)35-25-38(29)39-24-34(13-16-44(39)68-20-18-53)47(43(63)22-30(2)49(64)59-40(26-35)41(61)10-9-17-52)60(8)50(65)36(28-56-70(55,66)67)27-42(62)46-31(3)57-48(58-32(46)4)33-11-14-37(15-12-33)51(5,6)7;/h11-16,23-25,30,36,40,47,56H,9-10,18-22,26-28,53-54H2,1-8H3,(H,59,64)(H2,55,66,67);1H2/t30-,36+,40+,47+;/m1./s1. The Morgan fingerprint density at radius 1 is 0.930 bits per heavy atom. The molecule has 0 aliphatic carbocycles. The van der Waals surface area contributed by atoms with Crippen LogP contribution in [0.4, 0.5) is 0 Å². The van der Waals surface area contributed by atoms with Crippen molar-refractivity contribution in [3.8, 4) is 40.1 Å². The van der Waals surface area contributed by atoms with Crippen molar-refractivity contribution in [3.05, 3.63) is 93.8 Å². The zero-order chi connectivity index (χ0) is 51.7. The minimum atomic E-state index is -4.38. The Kier molecular flexibility index (Phi) is 20.1. The van der Waals surface area contributed by atoms with Gasteiger partial charge in [0.1, 0.15) is 30.8 Å². The highest BCUT2D eigenvalue weighted by molar-refractivity contribution is 7.87. The second-order valence-corrected chi connectivity index (χ2v) is 20.1. The second-order valence-electron chi connectivity index (χ2n) is 18.8. The Morgan fingerprint density at radius 3 is 2.13 bits per heavy atom. The summed E-state index contributed by atoms with van der Waals surface area (Å²) >= 11 is 0. The molecule has 2 heterocycles. The van der Waals surface area contributed by atoms with E-state index >= 15 is 0 Å². The van der Waals surface area contributed by atoms with Crippen molar-refractivity contribution in [1.82, 2.24) is 24.9 Å². The number of rotatable bonds is 18. The molecule has 1 aromatic heterocycles. The molecule has 382 valence electrons. The molecular weight excluding hydrogens is 947 g/mol. The number of nitriles is 1. The van der Waals surface area contributed by atoms with E-state index in [9.17, 15) is 37.7 Å². The Balaban J connectivity index is 0.0000110. The number of ketones is 3. The highest BCUT2D eigenvalue weighted by Crippen LogP contribution is 2.40. The van der Waals surface area contributed by atoms with Crippen LogP contribution in [0, 0.1) is 43.9 Å². The topological polar surface area (TPSA) is 293 Å². The number of amides is 2. The summed E-state index contributed by atoms with van der Waals surface area (Å²) in [6, 6.07) is 15.8. The number of benzene rings is 3. The molecule has 8 N–H and O–H groups in total. The van der Waals surface area contributed by atoms with Gasteiger partial charge in [0, 0.05) is 75.8 Å². The monoisotopic (exact) mass is 1010 g/mol. The molecule has 1 aliphatic heterocycles. The molecule has 18 nitrogen and oxygen atoms in total. The van der Waals surface area contributed by atoms with E-state index in [0.29, 0.717) is 56.5 Å². The fraction of sp³-hybridized carbons (Fsp3) is 0.451. The third-order valence-electron chi connectivity index (χ3n) is 12.2. The quantitative estimate of drug-likeness (QED) is 0.0858. The lowest BCUT2D eigenvalue weighted by Gasteiger charge is -2.32. The smallest absolute Gasteiger partial charge is 0.274 e. The molecule has 20 heteroatoms. The van der Waals surface area contributed by atoms with Crippen molar-refractivity contribution in [2.75, 3.05) is 39.9 Å². The van der Waals surface area contributed by atoms with E-state index in [1.54, 1.807) is 44.2 Å². The van der Waals surface area contributed by atoms with Gasteiger partial charge in [0.25, 0.3) is 10.2 Å². The minimum Gasteiger partial charge on any atom is -0.492 e. The van der Waals surface area contributed by atoms with Gasteiger partial charge in [-0.1, -0.05) is 58.0 Å². The van der Waals surface area contributed by atoms with Crippen LogP contribution in [0.5, 0.6) is 11.5 Å². The van der Waals surface area contributed by atoms with E-state index < -0.39 is 82.7 Å². The van der Waals surface area contributed by atoms with Crippen LogP contribution in [-0.2, 0) is 41.2 Å². The van der Waals surface area contributed by atoms with Crippen LogP contribution in [-0.4, -0.2) is 98.4 Å². The van der Waals surface area contributed by atoms with Crippen LogP contribution in [0.15, 0.2) is 54.6 Å². The number of aryl methyl sites for hydroxylation is 3. The first kappa shape index (κ1) is 57.5. The lowest BCUT2D eigenvalue weighted by Crippen LogP contribution is -2.47. The highest BCUT2D eigenvalue weighted by atomic mass is 32.2. The van der Waals surface area contributed by atoms with Crippen LogP contribution >= 0.6 is 13.5 Å². The number of hydrogen-bond acceptors (Lipinski definition) is 14. The van der Waals surface area contributed by atoms with Gasteiger partial charge in [-0.15, -0.1) is 0 Å². The van der Waals surface area contributed by atoms with Crippen molar-refractivity contribution in [1.29, 1.82) is 5.26 Å². The number of hydrogen-bond donors (Lipinski definition) is 5. The first-order valence-electron chi connectivity index (χ1n) is 23.2. The Bertz CT molecular complexity index is 2750. The molecule has 3 aromatic carbocycles. The number of fused-ring (bicyclic) bond motifs is 5. The molecule has 4 atom stereocenters. The molecule has 4 bridgehead atoms. The lowest BCUT2D eigenvalue weighted by molar-refractivity contribution is -0.142. The number of nitrogens with two attached hydrogens (primary N) is 3. The van der Waals surface area contributed by atoms with Crippen molar-refractivity contribution >= 4 is 52.9 Å². The Morgan fingerprint density at radius 2 is 1.55 bits per heavy atom. The van der Waals surface area contributed by atoms with E-state index in [4.69, 9.17) is 26.1 Å². The summed E-state index contributed by atoms with van der Waals surface area (Å²) in [5, 5.41) is 17.5. The SMILES string of the molecule is Cc1cc(OCCN)c2cc1-c1cc(ccc1OCCN)[C@H](N(C)C(=O)[C@H](CNS(N)(=O)=O)CC(=O)c1c(C)nc(-c3ccc(C(C)(C)C)cc3)nc1C)C(=O)C[C@@H](C)C(=O)N[C@H](C(=O)CCC#N)C2.S. The van der Waals surface area contributed by atoms with Gasteiger partial charge in [-0.3, -0.25) is 24.0 Å². The second kappa shape index (κ2) is 24.8. The Labute approximate surface area is 423 Å². The van der Waals surface area contributed by atoms with Crippen molar-refractivity contribution in [2.24, 2.45) is 28.4 Å². The van der Waals surface area contributed by atoms with Gasteiger partial charge in [-0.25, -0.2) is 19.8 Å². The van der Waals surface area contributed by atoms with Gasteiger partial charge in [0.2, 0.25) is 11.8 Å². The summed E-state index contributed by atoms with van der Waals surface area (Å²) in [6.45, 7) is 13.0. The van der Waals surface area contributed by atoms with Crippen LogP contribution in [0.3, 0.4) is 0 Å². The largest absolute Gasteiger partial charge is 0.492 e. The molecule has 0 saturated heterocycles. The molecule has 0 radical (unpaired) electrons. The number of aromatic nitrogens is 2. The van der Waals surface area contributed by atoms with Gasteiger partial charge in [-0.2, -0.15) is 27.2 Å². The molecule has 0 unspecified atom stereocenters. The third kappa shape index (κ3) is 14.7. The van der Waals surface area contributed by atoms with Gasteiger partial charge in [0.05, 0.1) is 35.0 Å². The number of likely N-dealkylation sites (N-methyl/N-ethyl adjacent to an activating group) is 1. The maximum atomic E-state index is 14.9. The molecule has 1 aliphatic rings. The normalized spacial score (nSPS) is 16.6. The van der Waals surface area contributed by atoms with Crippen LogP contribution in [0.2, 0.25) is 0 Å². The fourth-order valence-electron chi connectivity index (χ4n) is 8.54. The highest BCUT2D eigenvalue weighted by Gasteiger charge is 2.37. The fourth-order valence-corrected chi connectivity index (χ4v) is 8.97. The average molecular weight is 1010 g/mol. The molecule has 2 amide bonds. The zero-order valence-corrected chi connectivity index (χ0v) is 43.5. The van der Waals surface area contributed by atoms with Crippen LogP contribution in [0.1, 0.15) is 103 Å². The molecule has 5 rings (SSSR count). The number of carbonyl (C=O) groups is 5. The maximum absolute atomic E-state index is 14.9. The van der Waals surface area contributed by atoms with E-state index in [1.807, 2.05) is 37.3 Å². The van der Waals surface area contributed by atoms with E-state index in [0.717, 1.165) is 16.0 Å². The minimum absolute atomic E-state index is 0. The zero-order valence-electron chi connectivity index (χ0n) is 41.7. The van der Waals surface area contributed by atoms with Gasteiger partial charge < -0.3 is 31.2 Å². The summed E-state index contributed by atoms with van der Waals surface area (Å²) in [6.07, 6.45) is -1.20. The van der Waals surface area contributed by atoms with E-state index in [-0.39, 0.29) is 70.0 Å². The van der Waals surface area contributed by atoms with Crippen molar-refractivity contribution in [2.45, 2.75) is 98.1 Å². The van der Waals surface area contributed by atoms with E-state index in [1.165, 1.54) is 14.0 Å². The summed E-state index contributed by atoms with van der Waals surface area (Å²) in [7, 11) is -3.02. The number of Topliss-reactive ketones (excluding diaryl/α,β-unsaturated/α-hetero) is 3. The number of nitrogens with one attached hydrogen (secondary N) is 2. The molecule has 0 fully saturated rings. The molecular formula is C51H67N9O9S2. The van der Waals surface area contributed by atoms with Gasteiger partial charge in [-0.05, 0) is 78.3 Å². The number of carbonyl (C=O) groups excluding carboxylic acids is 5. The van der Waals surface area contributed by atoms with Crippen LogP contribution in [0.25, 0.3) is 22.5 Å². The molecule has 4 aromatic rings. The number of nitrogens with zero attached hydrogens (tertiary/aromatic N) is 4. The van der Waals surface area contributed by atoms with Crippen molar-refractivity contribution in [3.63, 3.8) is 0 Å².